The van der Waals surface area contributed by atoms with Gasteiger partial charge >= 0.3 is 7.12 Å². The van der Waals surface area contributed by atoms with E-state index in [0.29, 0.717) is 5.46 Å². The van der Waals surface area contributed by atoms with Gasteiger partial charge in [0.2, 0.25) is 0 Å². The van der Waals surface area contributed by atoms with Gasteiger partial charge in [-0.2, -0.15) is 0 Å². The van der Waals surface area contributed by atoms with Crippen molar-refractivity contribution in [3.8, 4) is 39.3 Å². The molecule has 16 rings (SSSR count). The Balaban J connectivity index is 0.000000151. The number of halogens is 2. The van der Waals surface area contributed by atoms with Crippen LogP contribution >= 0.6 is 31.9 Å². The number of hydrogen-bond acceptors (Lipinski definition) is 2. The molecular weight excluding hydrogens is 1230 g/mol. The van der Waals surface area contributed by atoms with E-state index in [1.165, 1.54) is 99.5 Å². The van der Waals surface area contributed by atoms with Crippen molar-refractivity contribution in [3.05, 3.63) is 347 Å². The van der Waals surface area contributed by atoms with Gasteiger partial charge in [0.15, 0.2) is 0 Å². The predicted molar refractivity (Wildman–Crippen MR) is 389 cm³/mol. The second-order valence-electron chi connectivity index (χ2n) is 22.2. The molecule has 0 spiro atoms. The number of aromatic nitrogens is 3. The highest BCUT2D eigenvalue weighted by atomic mass is 79.9. The van der Waals surface area contributed by atoms with E-state index in [1.807, 2.05) is 66.7 Å². The number of fused-ring (bicyclic) bond motifs is 9. The maximum absolute atomic E-state index is 9.43. The topological polar surface area (TPSA) is 55.2 Å². The van der Waals surface area contributed by atoms with Gasteiger partial charge in [0.1, 0.15) is 0 Å². The van der Waals surface area contributed by atoms with Gasteiger partial charge in [-0.05, 0) is 159 Å². The Hall–Kier alpha value is -10.3. The van der Waals surface area contributed by atoms with Crippen molar-refractivity contribution < 1.29 is 10.0 Å². The van der Waals surface area contributed by atoms with Gasteiger partial charge in [0.05, 0.1) is 33.1 Å². The van der Waals surface area contributed by atoms with Crippen molar-refractivity contribution in [2.75, 3.05) is 0 Å². The van der Waals surface area contributed by atoms with Crippen LogP contribution in [0.5, 0.6) is 0 Å². The highest BCUT2D eigenvalue weighted by Crippen LogP contribution is 2.38. The Morgan fingerprint density at radius 3 is 0.844 bits per heavy atom. The van der Waals surface area contributed by atoms with Crippen LogP contribution < -0.4 is 5.46 Å². The molecule has 430 valence electrons. The molecule has 0 bridgehead atoms. The normalized spacial score (nSPS) is 11.5. The summed E-state index contributed by atoms with van der Waals surface area (Å²) in [5, 5.41) is 26.0. The second kappa shape index (κ2) is 25.8. The van der Waals surface area contributed by atoms with Gasteiger partial charge in [-0.3, -0.25) is 0 Å². The Labute approximate surface area is 540 Å². The molecule has 8 heteroatoms. The van der Waals surface area contributed by atoms with Crippen LogP contribution in [0.3, 0.4) is 0 Å². The van der Waals surface area contributed by atoms with Crippen molar-refractivity contribution in [2.45, 2.75) is 0 Å². The molecule has 0 fully saturated rings. The third kappa shape index (κ3) is 11.9. The molecule has 2 N–H and O–H groups in total. The summed E-state index contributed by atoms with van der Waals surface area (Å²) in [4.78, 5) is 0. The monoisotopic (exact) mass is 1290 g/mol. The van der Waals surface area contributed by atoms with Gasteiger partial charge in [0.25, 0.3) is 0 Å². The van der Waals surface area contributed by atoms with Crippen molar-refractivity contribution in [1.82, 2.24) is 13.7 Å². The standard InChI is InChI=1S/C50H34N2.C18H14BNO2.C14H10Br2/c1-3-11-41(12-4-1)51-47-17-9-7-15-43(47)45-33-39(29-31-49(45)51)37-25-21-35(22-26-37)19-20-36-23-27-38(28-24-36)40-30-32-50-46(34-40)44-16-8-10-18-48(44)52(50)42-13-5-2-6-14-42;21-19(22)13-10-11-18-16(12-13)15-8-4-5-9-17(15)20(18)14-6-2-1-3-7-14;15-13-7-3-11(4-8-13)1-2-12-5-9-14(16)10-6-12/h1-34H;1-12,21-22H;1-10H/b20-19+;;2-1+. The van der Waals surface area contributed by atoms with Crippen LogP contribution in [0.15, 0.2) is 324 Å². The highest BCUT2D eigenvalue weighted by Gasteiger charge is 2.18. The van der Waals surface area contributed by atoms with Gasteiger partial charge in [-0.15, -0.1) is 0 Å². The van der Waals surface area contributed by atoms with E-state index in [1.54, 1.807) is 6.07 Å². The minimum Gasteiger partial charge on any atom is -0.423 e. The summed E-state index contributed by atoms with van der Waals surface area (Å²) in [6, 6.07) is 110. The van der Waals surface area contributed by atoms with Crippen molar-refractivity contribution in [2.24, 2.45) is 0 Å². The maximum atomic E-state index is 9.43. The van der Waals surface area contributed by atoms with E-state index in [0.717, 1.165) is 36.4 Å². The zero-order valence-corrected chi connectivity index (χ0v) is 52.1. The SMILES string of the molecule is Brc1ccc(/C=C/c2ccc(Br)cc2)cc1.C(=C\c1ccc(-c2ccc3c(c2)c2ccccc2n3-c2ccccc2)cc1)/c1ccc(-c2ccc3c(c2)c2ccccc2n3-c2ccccc2)cc1.OB(O)c1ccc2c(c1)c1ccccc1n2-c1ccccc1. The lowest BCUT2D eigenvalue weighted by molar-refractivity contribution is 0.426. The Morgan fingerprint density at radius 2 is 0.511 bits per heavy atom. The molecule has 90 heavy (non-hydrogen) atoms. The third-order valence-electron chi connectivity index (χ3n) is 16.5. The average molecular weight is 1290 g/mol. The summed E-state index contributed by atoms with van der Waals surface area (Å²) in [6.07, 6.45) is 8.60. The first-order valence-corrected chi connectivity index (χ1v) is 31.6. The van der Waals surface area contributed by atoms with Crippen LogP contribution in [0.4, 0.5) is 0 Å². The molecule has 0 saturated carbocycles. The first-order valence-electron chi connectivity index (χ1n) is 30.0. The smallest absolute Gasteiger partial charge is 0.423 e. The van der Waals surface area contributed by atoms with Gasteiger partial charge in [-0.25, -0.2) is 0 Å². The first-order chi connectivity index (χ1) is 44.3. The van der Waals surface area contributed by atoms with E-state index < -0.39 is 7.12 Å². The summed E-state index contributed by atoms with van der Waals surface area (Å²) >= 11 is 6.84. The van der Waals surface area contributed by atoms with E-state index in [-0.39, 0.29) is 0 Å². The fourth-order valence-corrected chi connectivity index (χ4v) is 12.7. The lowest BCUT2D eigenvalue weighted by Gasteiger charge is -2.08. The second-order valence-corrected chi connectivity index (χ2v) is 24.0. The van der Waals surface area contributed by atoms with Crippen LogP contribution in [0.2, 0.25) is 0 Å². The van der Waals surface area contributed by atoms with E-state index in [4.69, 9.17) is 0 Å². The molecule has 16 aromatic rings. The molecule has 0 aliphatic heterocycles. The molecule has 5 nitrogen and oxygen atoms in total. The van der Waals surface area contributed by atoms with Crippen molar-refractivity contribution in [3.63, 3.8) is 0 Å². The Morgan fingerprint density at radius 1 is 0.244 bits per heavy atom. The molecule has 0 saturated heterocycles. The van der Waals surface area contributed by atoms with Crippen LogP contribution in [-0.4, -0.2) is 30.9 Å². The van der Waals surface area contributed by atoms with Crippen molar-refractivity contribution in [1.29, 1.82) is 0 Å². The number of nitrogens with zero attached hydrogens (tertiary/aromatic N) is 3. The maximum Gasteiger partial charge on any atom is 0.488 e. The quantitative estimate of drug-likeness (QED) is 0.106. The molecular formula is C82H58BBr2N3O2. The number of para-hydroxylation sites is 6. The molecule has 0 atom stereocenters. The van der Waals surface area contributed by atoms with Gasteiger partial charge in [-0.1, -0.05) is 262 Å². The van der Waals surface area contributed by atoms with Crippen LogP contribution in [0.1, 0.15) is 22.3 Å². The van der Waals surface area contributed by atoms with E-state index in [9.17, 15) is 10.0 Å². The number of hydrogen-bond donors (Lipinski definition) is 2. The minimum absolute atomic E-state index is 0.503. The molecule has 0 amide bonds. The fourth-order valence-electron chi connectivity index (χ4n) is 12.1. The lowest BCUT2D eigenvalue weighted by Crippen LogP contribution is -2.29. The Bertz CT molecular complexity index is 5000. The van der Waals surface area contributed by atoms with Crippen molar-refractivity contribution >= 4 is 134 Å². The summed E-state index contributed by atoms with van der Waals surface area (Å²) in [5.74, 6) is 0. The fraction of sp³-hybridized carbons (Fsp3) is 0. The third-order valence-corrected chi connectivity index (χ3v) is 17.6. The van der Waals surface area contributed by atoms with Gasteiger partial charge in [0, 0.05) is 58.3 Å². The average Bonchev–Trinajstić information content (AvgIpc) is 1.64. The molecule has 0 aliphatic rings. The summed E-state index contributed by atoms with van der Waals surface area (Å²) in [5.41, 5.74) is 20.6. The summed E-state index contributed by atoms with van der Waals surface area (Å²) in [7, 11) is -1.46. The lowest BCUT2D eigenvalue weighted by atomic mass is 9.80. The van der Waals surface area contributed by atoms with Crippen LogP contribution in [0.25, 0.3) is 129 Å². The van der Waals surface area contributed by atoms with Crippen LogP contribution in [0, 0.1) is 0 Å². The van der Waals surface area contributed by atoms with E-state index in [2.05, 4.69) is 313 Å². The summed E-state index contributed by atoms with van der Waals surface area (Å²) < 4.78 is 9.12. The minimum atomic E-state index is -1.46. The number of rotatable bonds is 10. The molecule has 3 aromatic heterocycles. The van der Waals surface area contributed by atoms with E-state index >= 15 is 0 Å². The highest BCUT2D eigenvalue weighted by molar-refractivity contribution is 9.10. The molecule has 0 unspecified atom stereocenters. The predicted octanol–water partition coefficient (Wildman–Crippen LogP) is 21.2. The molecule has 0 aliphatic carbocycles. The summed E-state index contributed by atoms with van der Waals surface area (Å²) in [6.45, 7) is 0. The van der Waals surface area contributed by atoms with Crippen LogP contribution in [-0.2, 0) is 0 Å². The zero-order valence-electron chi connectivity index (χ0n) is 48.9. The van der Waals surface area contributed by atoms with Gasteiger partial charge < -0.3 is 23.7 Å². The molecule has 3 heterocycles. The number of benzene rings is 13. The molecule has 0 radical (unpaired) electrons. The first kappa shape index (κ1) is 57.4. The largest absolute Gasteiger partial charge is 0.488 e. The zero-order chi connectivity index (χ0) is 60.9. The molecule has 13 aromatic carbocycles. The Kier molecular flexibility index (Phi) is 16.5.